The first kappa shape index (κ1) is 18.8. The molecule has 1 aliphatic heterocycles. The monoisotopic (exact) mass is 446 g/mol. The van der Waals surface area contributed by atoms with E-state index in [0.717, 1.165) is 55.9 Å². The van der Waals surface area contributed by atoms with Crippen LogP contribution >= 0.6 is 0 Å². The van der Waals surface area contributed by atoms with Crippen LogP contribution in [0.5, 0.6) is 5.75 Å². The Hall–Kier alpha value is -4.79. The van der Waals surface area contributed by atoms with Crippen LogP contribution in [0.2, 0.25) is 0 Å². The SMILES string of the molecule is c1cc2cc(c1)-c1nccc3[nH]c(nc13)-c1n[nH]c3ccc(cc13)-c1cncc(n1)NCCO2. The second-order valence-corrected chi connectivity index (χ2v) is 8.07. The molecule has 3 N–H and O–H groups in total. The molecule has 0 saturated heterocycles. The van der Waals surface area contributed by atoms with Gasteiger partial charge in [-0.3, -0.25) is 15.1 Å². The molecule has 0 unspecified atom stereocenters. The average Bonchev–Trinajstić information content (AvgIpc) is 3.50. The van der Waals surface area contributed by atoms with Gasteiger partial charge in [-0.2, -0.15) is 5.10 Å². The number of H-pyrrole nitrogens is 2. The fraction of sp³-hybridized carbons (Fsp3) is 0.0800. The topological polar surface area (TPSA) is 117 Å². The van der Waals surface area contributed by atoms with Gasteiger partial charge in [0, 0.05) is 22.7 Å². The van der Waals surface area contributed by atoms with E-state index in [2.05, 4.69) is 36.5 Å². The summed E-state index contributed by atoms with van der Waals surface area (Å²) in [6, 6.07) is 15.9. The van der Waals surface area contributed by atoms with Crippen molar-refractivity contribution in [2.75, 3.05) is 18.5 Å². The van der Waals surface area contributed by atoms with Gasteiger partial charge < -0.3 is 15.0 Å². The Labute approximate surface area is 193 Å². The number of anilines is 1. The molecule has 0 radical (unpaired) electrons. The van der Waals surface area contributed by atoms with Crippen LogP contribution in [0.25, 0.3) is 56.0 Å². The highest BCUT2D eigenvalue weighted by Crippen LogP contribution is 2.33. The number of pyridine rings is 1. The third-order valence-electron chi connectivity index (χ3n) is 5.90. The Morgan fingerprint density at radius 2 is 1.88 bits per heavy atom. The zero-order chi connectivity index (χ0) is 22.5. The van der Waals surface area contributed by atoms with Crippen molar-refractivity contribution >= 4 is 27.8 Å². The van der Waals surface area contributed by atoms with E-state index in [-0.39, 0.29) is 0 Å². The van der Waals surface area contributed by atoms with Gasteiger partial charge in [0.25, 0.3) is 0 Å². The summed E-state index contributed by atoms with van der Waals surface area (Å²) in [5, 5.41) is 11.9. The van der Waals surface area contributed by atoms with Crippen molar-refractivity contribution in [1.29, 1.82) is 0 Å². The van der Waals surface area contributed by atoms with Crippen molar-refractivity contribution in [3.8, 4) is 39.8 Å². The maximum Gasteiger partial charge on any atom is 0.159 e. The van der Waals surface area contributed by atoms with Crippen molar-refractivity contribution in [1.82, 2.24) is 35.1 Å². The number of nitrogens with one attached hydrogen (secondary N) is 3. The first-order chi connectivity index (χ1) is 16.8. The van der Waals surface area contributed by atoms with Crippen LogP contribution in [0, 0.1) is 0 Å². The Morgan fingerprint density at radius 3 is 2.88 bits per heavy atom. The number of hydrogen-bond donors (Lipinski definition) is 3. The van der Waals surface area contributed by atoms with E-state index < -0.39 is 0 Å². The molecule has 7 rings (SSSR count). The zero-order valence-corrected chi connectivity index (χ0v) is 17.9. The molecule has 1 aliphatic rings. The van der Waals surface area contributed by atoms with Crippen LogP contribution in [0.3, 0.4) is 0 Å². The van der Waals surface area contributed by atoms with Gasteiger partial charge in [-0.15, -0.1) is 0 Å². The molecule has 9 heteroatoms. The molecule has 34 heavy (non-hydrogen) atoms. The zero-order valence-electron chi connectivity index (χ0n) is 17.9. The second kappa shape index (κ2) is 7.38. The number of rotatable bonds is 0. The summed E-state index contributed by atoms with van der Waals surface area (Å²) in [6.45, 7) is 1.06. The molecule has 9 nitrogen and oxygen atoms in total. The molecule has 0 spiro atoms. The van der Waals surface area contributed by atoms with Crippen molar-refractivity contribution in [2.45, 2.75) is 0 Å². The lowest BCUT2D eigenvalue weighted by Crippen LogP contribution is -2.12. The van der Waals surface area contributed by atoms with Crippen LogP contribution in [-0.4, -0.2) is 48.3 Å². The van der Waals surface area contributed by atoms with Crippen LogP contribution in [0.15, 0.2) is 67.1 Å². The summed E-state index contributed by atoms with van der Waals surface area (Å²) in [5.41, 5.74) is 6.75. The maximum absolute atomic E-state index is 5.98. The summed E-state index contributed by atoms with van der Waals surface area (Å²) in [4.78, 5) is 22.0. The second-order valence-electron chi connectivity index (χ2n) is 8.07. The van der Waals surface area contributed by atoms with Gasteiger partial charge in [-0.1, -0.05) is 18.2 Å². The molecule has 0 aliphatic carbocycles. The summed E-state index contributed by atoms with van der Waals surface area (Å²) in [6.07, 6.45) is 5.25. The quantitative estimate of drug-likeness (QED) is 0.316. The minimum atomic E-state index is 0.476. The predicted molar refractivity (Wildman–Crippen MR) is 129 cm³/mol. The molecule has 0 amide bonds. The van der Waals surface area contributed by atoms with E-state index >= 15 is 0 Å². The van der Waals surface area contributed by atoms with Crippen LogP contribution in [0.4, 0.5) is 5.82 Å². The van der Waals surface area contributed by atoms with Gasteiger partial charge in [0.2, 0.25) is 0 Å². The van der Waals surface area contributed by atoms with E-state index in [9.17, 15) is 0 Å². The molecule has 5 heterocycles. The average molecular weight is 446 g/mol. The molecule has 8 bridgehead atoms. The van der Waals surface area contributed by atoms with Gasteiger partial charge in [0.15, 0.2) is 5.82 Å². The molecule has 4 aromatic heterocycles. The number of aromatic nitrogens is 7. The number of ether oxygens (including phenoxy) is 1. The van der Waals surface area contributed by atoms with Crippen LogP contribution in [0.1, 0.15) is 0 Å². The van der Waals surface area contributed by atoms with E-state index in [4.69, 9.17) is 14.7 Å². The smallest absolute Gasteiger partial charge is 0.159 e. The summed E-state index contributed by atoms with van der Waals surface area (Å²) in [5.74, 6) is 2.12. The lowest BCUT2D eigenvalue weighted by Gasteiger charge is -2.10. The number of aromatic amines is 2. The van der Waals surface area contributed by atoms with Crippen molar-refractivity contribution in [3.05, 3.63) is 67.1 Å². The third-order valence-corrected chi connectivity index (χ3v) is 5.90. The molecule has 164 valence electrons. The van der Waals surface area contributed by atoms with Crippen molar-refractivity contribution in [2.24, 2.45) is 0 Å². The van der Waals surface area contributed by atoms with E-state index in [1.165, 1.54) is 0 Å². The number of imidazole rings is 1. The first-order valence-corrected chi connectivity index (χ1v) is 10.9. The molecule has 0 atom stereocenters. The lowest BCUT2D eigenvalue weighted by atomic mass is 10.1. The Bertz CT molecular complexity index is 1690. The Balaban J connectivity index is 1.47. The lowest BCUT2D eigenvalue weighted by molar-refractivity contribution is 0.333. The van der Waals surface area contributed by atoms with Crippen molar-refractivity contribution in [3.63, 3.8) is 0 Å². The van der Waals surface area contributed by atoms with Gasteiger partial charge in [0.05, 0.1) is 41.4 Å². The summed E-state index contributed by atoms with van der Waals surface area (Å²) in [7, 11) is 0. The highest BCUT2D eigenvalue weighted by atomic mass is 16.5. The third kappa shape index (κ3) is 3.06. The first-order valence-electron chi connectivity index (χ1n) is 10.9. The molecule has 0 fully saturated rings. The molecular weight excluding hydrogens is 428 g/mol. The highest BCUT2D eigenvalue weighted by molar-refractivity contribution is 5.97. The summed E-state index contributed by atoms with van der Waals surface area (Å²) >= 11 is 0. The molecule has 0 saturated carbocycles. The fourth-order valence-corrected chi connectivity index (χ4v) is 4.28. The number of benzene rings is 2. The van der Waals surface area contributed by atoms with Crippen LogP contribution in [-0.2, 0) is 0 Å². The normalized spacial score (nSPS) is 12.9. The van der Waals surface area contributed by atoms with Gasteiger partial charge in [-0.25, -0.2) is 9.97 Å². The van der Waals surface area contributed by atoms with Gasteiger partial charge >= 0.3 is 0 Å². The van der Waals surface area contributed by atoms with Gasteiger partial charge in [0.1, 0.15) is 29.4 Å². The van der Waals surface area contributed by atoms with Crippen LogP contribution < -0.4 is 10.1 Å². The maximum atomic E-state index is 5.98. The highest BCUT2D eigenvalue weighted by Gasteiger charge is 2.17. The summed E-state index contributed by atoms with van der Waals surface area (Å²) < 4.78 is 5.98. The van der Waals surface area contributed by atoms with Crippen molar-refractivity contribution < 1.29 is 4.74 Å². The van der Waals surface area contributed by atoms with E-state index in [1.54, 1.807) is 18.6 Å². The standard InChI is InChI=1S/C25H18N8O/c1-2-15-10-16(3-1)34-9-8-27-21-13-26-12-20(29-21)14-4-5-18-17(11-14)23(33-32-18)25-30-19-6-7-28-22(15)24(19)31-25/h1-7,10-13H,8-9H2,(H,27,29)(H,30,31)(H,32,33). The van der Waals surface area contributed by atoms with Gasteiger partial charge in [-0.05, 0) is 30.3 Å². The molecule has 6 aromatic rings. The minimum absolute atomic E-state index is 0.476. The Morgan fingerprint density at radius 1 is 0.882 bits per heavy atom. The molecular formula is C25H18N8O. The fourth-order valence-electron chi connectivity index (χ4n) is 4.28. The number of hydrogen-bond acceptors (Lipinski definition) is 7. The Kier molecular flexibility index (Phi) is 4.07. The van der Waals surface area contributed by atoms with E-state index in [1.807, 2.05) is 42.5 Å². The van der Waals surface area contributed by atoms with E-state index in [0.29, 0.717) is 24.8 Å². The largest absolute Gasteiger partial charge is 0.492 e. The number of nitrogens with zero attached hydrogens (tertiary/aromatic N) is 5. The predicted octanol–water partition coefficient (Wildman–Crippen LogP) is 4.43. The number of fused-ring (bicyclic) bond motifs is 9. The molecule has 2 aromatic carbocycles. The minimum Gasteiger partial charge on any atom is -0.492 e.